The van der Waals surface area contributed by atoms with Crippen LogP contribution in [0.4, 0.5) is 13.2 Å². The Hall–Kier alpha value is -2.35. The molecule has 5 nitrogen and oxygen atoms in total. The van der Waals surface area contributed by atoms with Gasteiger partial charge in [0.05, 0.1) is 16.5 Å². The molecular weight excluding hydrogens is 495 g/mol. The lowest BCUT2D eigenvalue weighted by Crippen LogP contribution is -2.47. The number of aryl methyl sites for hydroxylation is 1. The van der Waals surface area contributed by atoms with Crippen LogP contribution < -0.4 is 0 Å². The summed E-state index contributed by atoms with van der Waals surface area (Å²) in [5.41, 5.74) is -1.61. The topological polar surface area (TPSA) is 66.8 Å². The van der Waals surface area contributed by atoms with E-state index in [0.29, 0.717) is 57.1 Å². The monoisotopic (exact) mass is 533 g/mol. The van der Waals surface area contributed by atoms with E-state index in [1.807, 2.05) is 33.9 Å². The first kappa shape index (κ1) is 27.2. The van der Waals surface area contributed by atoms with Crippen molar-refractivity contribution in [2.45, 2.75) is 96.2 Å². The number of carboxylic acids is 1. The molecule has 3 fully saturated rings. The second kappa shape index (κ2) is 8.33. The molecule has 0 saturated heterocycles. The zero-order chi connectivity index (χ0) is 27.9. The Labute approximate surface area is 222 Å². The van der Waals surface area contributed by atoms with Gasteiger partial charge in [0.1, 0.15) is 0 Å². The van der Waals surface area contributed by atoms with E-state index in [9.17, 15) is 27.9 Å². The molecule has 4 aliphatic rings. The van der Waals surface area contributed by atoms with Crippen LogP contribution in [-0.2, 0) is 32.3 Å². The molecule has 3 aliphatic carbocycles. The molecule has 1 heterocycles. The summed E-state index contributed by atoms with van der Waals surface area (Å²) in [6.07, 6.45) is 1.28. The number of methoxy groups -OCH3 is 1. The van der Waals surface area contributed by atoms with Gasteiger partial charge in [-0.2, -0.15) is 13.2 Å². The van der Waals surface area contributed by atoms with Crippen LogP contribution in [0, 0.1) is 16.2 Å². The molecular formula is C30H38F3NO4. The van der Waals surface area contributed by atoms with Crippen LogP contribution in [0.3, 0.4) is 0 Å². The summed E-state index contributed by atoms with van der Waals surface area (Å²) in [5, 5.41) is 9.85. The average Bonchev–Trinajstić information content (AvgIpc) is 3.67. The third-order valence-electron chi connectivity index (χ3n) is 10.1. The predicted octanol–water partition coefficient (Wildman–Crippen LogP) is 6.49. The number of alkyl halides is 3. The Balaban J connectivity index is 1.52. The van der Waals surface area contributed by atoms with E-state index >= 15 is 0 Å². The summed E-state index contributed by atoms with van der Waals surface area (Å²) < 4.78 is 48.0. The Morgan fingerprint density at radius 3 is 2.37 bits per heavy atom. The zero-order valence-electron chi connectivity index (χ0n) is 22.9. The lowest BCUT2D eigenvalue weighted by Gasteiger charge is -2.43. The highest BCUT2D eigenvalue weighted by molar-refractivity contribution is 5.88. The van der Waals surface area contributed by atoms with Gasteiger partial charge < -0.3 is 14.7 Å². The SMILES string of the molecule is COCCC1=CN(C23CCC4(C(=O)O)CC42C3)C(=O)C[C@@]1(C)c1ccc(CCC(C)(C)C)c(C(F)(F)F)c1. The smallest absolute Gasteiger partial charge is 0.416 e. The molecule has 5 rings (SSSR count). The van der Waals surface area contributed by atoms with E-state index in [0.717, 1.165) is 5.57 Å². The summed E-state index contributed by atoms with van der Waals surface area (Å²) in [6, 6.07) is 4.57. The third kappa shape index (κ3) is 3.84. The molecule has 3 saturated carbocycles. The van der Waals surface area contributed by atoms with Crippen LogP contribution in [0.25, 0.3) is 0 Å². The number of ether oxygens (including phenoxy) is 1. The van der Waals surface area contributed by atoms with Crippen LogP contribution in [0.2, 0.25) is 0 Å². The lowest BCUT2D eigenvalue weighted by atomic mass is 9.69. The van der Waals surface area contributed by atoms with E-state index in [2.05, 4.69) is 0 Å². The van der Waals surface area contributed by atoms with Gasteiger partial charge in [-0.05, 0) is 73.1 Å². The summed E-state index contributed by atoms with van der Waals surface area (Å²) in [7, 11) is 1.58. The molecule has 0 aromatic heterocycles. The molecule has 1 amide bonds. The van der Waals surface area contributed by atoms with Crippen molar-refractivity contribution in [1.29, 1.82) is 0 Å². The Morgan fingerprint density at radius 2 is 1.84 bits per heavy atom. The fourth-order valence-corrected chi connectivity index (χ4v) is 7.65. The number of carbonyl (C=O) groups excluding carboxylic acids is 1. The minimum atomic E-state index is -4.50. The van der Waals surface area contributed by atoms with Crippen molar-refractivity contribution in [3.63, 3.8) is 0 Å². The van der Waals surface area contributed by atoms with E-state index in [1.165, 1.54) is 6.07 Å². The number of carbonyl (C=O) groups is 2. The first-order valence-electron chi connectivity index (χ1n) is 13.5. The molecule has 1 spiro atoms. The Morgan fingerprint density at radius 1 is 1.13 bits per heavy atom. The van der Waals surface area contributed by atoms with Gasteiger partial charge in [0, 0.05) is 37.2 Å². The van der Waals surface area contributed by atoms with Crippen LogP contribution in [0.1, 0.15) is 89.3 Å². The van der Waals surface area contributed by atoms with E-state index < -0.39 is 34.1 Å². The van der Waals surface area contributed by atoms with Gasteiger partial charge in [-0.1, -0.05) is 39.8 Å². The molecule has 3 unspecified atom stereocenters. The average molecular weight is 534 g/mol. The van der Waals surface area contributed by atoms with Crippen molar-refractivity contribution in [2.75, 3.05) is 13.7 Å². The van der Waals surface area contributed by atoms with Crippen LogP contribution in [-0.4, -0.2) is 41.1 Å². The van der Waals surface area contributed by atoms with Crippen LogP contribution in [0.5, 0.6) is 0 Å². The van der Waals surface area contributed by atoms with E-state index in [-0.39, 0.29) is 28.7 Å². The molecule has 0 bridgehead atoms. The zero-order valence-corrected chi connectivity index (χ0v) is 22.9. The van der Waals surface area contributed by atoms with Crippen molar-refractivity contribution < 1.29 is 32.6 Å². The third-order valence-corrected chi connectivity index (χ3v) is 10.1. The highest BCUT2D eigenvalue weighted by Gasteiger charge is 2.95. The molecule has 1 aromatic rings. The second-order valence-electron chi connectivity index (χ2n) is 13.5. The van der Waals surface area contributed by atoms with Gasteiger partial charge in [-0.3, -0.25) is 9.59 Å². The Kier molecular flexibility index (Phi) is 5.96. The molecule has 0 radical (unpaired) electrons. The predicted molar refractivity (Wildman–Crippen MR) is 136 cm³/mol. The summed E-state index contributed by atoms with van der Waals surface area (Å²) in [5.74, 6) is -0.926. The van der Waals surface area contributed by atoms with Crippen molar-refractivity contribution in [2.24, 2.45) is 16.2 Å². The highest BCUT2D eigenvalue weighted by atomic mass is 19.4. The van der Waals surface area contributed by atoms with E-state index in [1.54, 1.807) is 24.1 Å². The Bertz CT molecular complexity index is 1210. The molecule has 8 heteroatoms. The number of carboxylic acid groups (broad SMARTS) is 1. The fraction of sp³-hybridized carbons (Fsp3) is 0.667. The van der Waals surface area contributed by atoms with Gasteiger partial charge in [-0.15, -0.1) is 0 Å². The first-order chi connectivity index (χ1) is 17.6. The van der Waals surface area contributed by atoms with Crippen LogP contribution in [0.15, 0.2) is 30.0 Å². The maximum absolute atomic E-state index is 14.2. The first-order valence-corrected chi connectivity index (χ1v) is 13.5. The number of amides is 1. The van der Waals surface area contributed by atoms with Crippen molar-refractivity contribution in [1.82, 2.24) is 4.90 Å². The number of aliphatic carboxylic acids is 1. The number of halogens is 3. The molecule has 1 aromatic carbocycles. The minimum Gasteiger partial charge on any atom is -0.481 e. The van der Waals surface area contributed by atoms with Gasteiger partial charge in [-0.25, -0.2) is 0 Å². The molecule has 1 N–H and O–H groups in total. The van der Waals surface area contributed by atoms with Crippen molar-refractivity contribution >= 4 is 11.9 Å². The standard InChI is InChI=1S/C30H38F3NO4/c1-25(2,3)10-8-19-6-7-20(14-22(19)30(31,32)33)26(4)15-23(35)34(16-21(26)9-13-38-5)29-12-11-27(24(36)37)17-28(27,29)18-29/h6-7,14,16H,8-13,15,17-18H2,1-5H3,(H,36,37)/t26-,27?,28?,29?/m0/s1. The normalized spacial score (nSPS) is 34.1. The van der Waals surface area contributed by atoms with Crippen molar-refractivity contribution in [3.05, 3.63) is 46.7 Å². The molecule has 4 atom stereocenters. The van der Waals surface area contributed by atoms with Gasteiger partial charge >= 0.3 is 12.1 Å². The maximum atomic E-state index is 14.2. The number of rotatable bonds is 8. The highest BCUT2D eigenvalue weighted by Crippen LogP contribution is 2.92. The van der Waals surface area contributed by atoms with Crippen LogP contribution >= 0.6 is 0 Å². The lowest BCUT2D eigenvalue weighted by molar-refractivity contribution is -0.144. The summed E-state index contributed by atoms with van der Waals surface area (Å²) in [6.45, 7) is 8.26. The molecule has 1 aliphatic heterocycles. The number of nitrogens with zero attached hydrogens (tertiary/aromatic N) is 1. The number of hydrogen-bond donors (Lipinski definition) is 1. The summed E-state index contributed by atoms with van der Waals surface area (Å²) in [4.78, 5) is 27.5. The van der Waals surface area contributed by atoms with Crippen molar-refractivity contribution in [3.8, 4) is 0 Å². The number of benzene rings is 1. The second-order valence-corrected chi connectivity index (χ2v) is 13.5. The molecule has 38 heavy (non-hydrogen) atoms. The maximum Gasteiger partial charge on any atom is 0.416 e. The summed E-state index contributed by atoms with van der Waals surface area (Å²) >= 11 is 0. The largest absolute Gasteiger partial charge is 0.481 e. The van der Waals surface area contributed by atoms with Gasteiger partial charge in [0.25, 0.3) is 0 Å². The number of hydrogen-bond acceptors (Lipinski definition) is 3. The molecule has 208 valence electrons. The minimum absolute atomic E-state index is 0.0408. The van der Waals surface area contributed by atoms with Gasteiger partial charge in [0.15, 0.2) is 0 Å². The fourth-order valence-electron chi connectivity index (χ4n) is 7.65. The van der Waals surface area contributed by atoms with Gasteiger partial charge in [0.2, 0.25) is 5.91 Å². The quantitative estimate of drug-likeness (QED) is 0.415. The van der Waals surface area contributed by atoms with E-state index in [4.69, 9.17) is 4.74 Å².